The Hall–Kier alpha value is -1.83. The minimum absolute atomic E-state index is 0.207. The van der Waals surface area contributed by atoms with Gasteiger partial charge in [0.1, 0.15) is 14.9 Å². The molecule has 122 valence electrons. The standard InChI is InChI=1S/C16H13ClN4OS2/c1-8-12(23-15(18-8)10-4-2-3-5-11(10)17)13(22)19-16-21-20-14(24-16)9-6-7-9/h2-5,9H,6-7H2,1H3,(H,19,21,22). The second kappa shape index (κ2) is 6.23. The van der Waals surface area contributed by atoms with Crippen LogP contribution in [-0.2, 0) is 0 Å². The number of carbonyl (C=O) groups excluding carboxylic acids is 1. The average molecular weight is 377 g/mol. The van der Waals surface area contributed by atoms with Crippen LogP contribution in [0.3, 0.4) is 0 Å². The number of aryl methyl sites for hydroxylation is 1. The number of aromatic nitrogens is 3. The number of hydrogen-bond acceptors (Lipinski definition) is 6. The molecule has 0 unspecified atom stereocenters. The number of thiazole rings is 1. The summed E-state index contributed by atoms with van der Waals surface area (Å²) in [6.07, 6.45) is 2.33. The lowest BCUT2D eigenvalue weighted by atomic mass is 10.2. The van der Waals surface area contributed by atoms with Crippen molar-refractivity contribution in [2.45, 2.75) is 25.7 Å². The van der Waals surface area contributed by atoms with Crippen molar-refractivity contribution in [1.82, 2.24) is 15.2 Å². The third kappa shape index (κ3) is 3.07. The number of amides is 1. The van der Waals surface area contributed by atoms with Gasteiger partial charge >= 0.3 is 0 Å². The molecule has 0 spiro atoms. The zero-order valence-corrected chi connectivity index (χ0v) is 15.1. The molecule has 1 amide bonds. The van der Waals surface area contributed by atoms with E-state index in [0.29, 0.717) is 26.6 Å². The SMILES string of the molecule is Cc1nc(-c2ccccc2Cl)sc1C(=O)Nc1nnc(C2CC2)s1. The van der Waals surface area contributed by atoms with Crippen LogP contribution < -0.4 is 5.32 Å². The molecule has 1 aliphatic carbocycles. The first-order chi connectivity index (χ1) is 11.6. The third-order valence-electron chi connectivity index (χ3n) is 3.69. The summed E-state index contributed by atoms with van der Waals surface area (Å²) in [6.45, 7) is 1.82. The molecule has 2 aromatic heterocycles. The maximum Gasteiger partial charge on any atom is 0.269 e. The summed E-state index contributed by atoms with van der Waals surface area (Å²) in [5, 5.41) is 13.9. The fourth-order valence-corrected chi connectivity index (χ4v) is 4.48. The summed E-state index contributed by atoms with van der Waals surface area (Å²) < 4.78 is 0. The molecule has 4 rings (SSSR count). The Morgan fingerprint density at radius 1 is 1.25 bits per heavy atom. The van der Waals surface area contributed by atoms with Crippen LogP contribution in [0.2, 0.25) is 5.02 Å². The molecule has 1 N–H and O–H groups in total. The van der Waals surface area contributed by atoms with Crippen LogP contribution in [0.5, 0.6) is 0 Å². The van der Waals surface area contributed by atoms with Crippen LogP contribution in [0.1, 0.15) is 39.1 Å². The molecule has 1 aromatic carbocycles. The van der Waals surface area contributed by atoms with Gasteiger partial charge in [0.05, 0.1) is 10.7 Å². The van der Waals surface area contributed by atoms with Crippen molar-refractivity contribution < 1.29 is 4.79 Å². The van der Waals surface area contributed by atoms with E-state index in [1.165, 1.54) is 22.7 Å². The highest BCUT2D eigenvalue weighted by Crippen LogP contribution is 2.42. The fraction of sp³-hybridized carbons (Fsp3) is 0.250. The molecule has 0 radical (unpaired) electrons. The Balaban J connectivity index is 1.57. The van der Waals surface area contributed by atoms with Crippen LogP contribution >= 0.6 is 34.3 Å². The van der Waals surface area contributed by atoms with Gasteiger partial charge in [0.15, 0.2) is 0 Å². The fourth-order valence-electron chi connectivity index (χ4n) is 2.29. The minimum Gasteiger partial charge on any atom is -0.296 e. The molecule has 5 nitrogen and oxygen atoms in total. The predicted octanol–water partition coefficient (Wildman–Crippen LogP) is 4.75. The molecule has 3 aromatic rings. The van der Waals surface area contributed by atoms with Crippen LogP contribution in [-0.4, -0.2) is 21.1 Å². The van der Waals surface area contributed by atoms with Gasteiger partial charge in [-0.15, -0.1) is 21.5 Å². The van der Waals surface area contributed by atoms with Gasteiger partial charge in [-0.25, -0.2) is 4.98 Å². The van der Waals surface area contributed by atoms with Gasteiger partial charge in [-0.1, -0.05) is 41.1 Å². The summed E-state index contributed by atoms with van der Waals surface area (Å²) in [4.78, 5) is 17.6. The van der Waals surface area contributed by atoms with E-state index in [1.54, 1.807) is 0 Å². The highest BCUT2D eigenvalue weighted by molar-refractivity contribution is 7.17. The Bertz CT molecular complexity index is 916. The van der Waals surface area contributed by atoms with E-state index in [2.05, 4.69) is 20.5 Å². The van der Waals surface area contributed by atoms with Crippen molar-refractivity contribution in [3.63, 3.8) is 0 Å². The Kier molecular flexibility index (Phi) is 4.07. The Labute approximate surface area is 151 Å². The van der Waals surface area contributed by atoms with Gasteiger partial charge in [0.25, 0.3) is 5.91 Å². The molecule has 0 atom stereocenters. The van der Waals surface area contributed by atoms with E-state index in [9.17, 15) is 4.79 Å². The molecule has 0 saturated heterocycles. The van der Waals surface area contributed by atoms with Crippen molar-refractivity contribution in [2.75, 3.05) is 5.32 Å². The van der Waals surface area contributed by atoms with Crippen molar-refractivity contribution in [2.24, 2.45) is 0 Å². The highest BCUT2D eigenvalue weighted by atomic mass is 35.5. The number of carbonyl (C=O) groups is 1. The van der Waals surface area contributed by atoms with Gasteiger partial charge in [-0.2, -0.15) is 0 Å². The first-order valence-corrected chi connectivity index (χ1v) is 9.50. The first kappa shape index (κ1) is 15.7. The second-order valence-electron chi connectivity index (χ2n) is 5.59. The molecule has 1 aliphatic rings. The normalized spacial score (nSPS) is 13.9. The van der Waals surface area contributed by atoms with E-state index >= 15 is 0 Å². The Morgan fingerprint density at radius 3 is 2.79 bits per heavy atom. The molecule has 2 heterocycles. The first-order valence-electron chi connectivity index (χ1n) is 7.49. The van der Waals surface area contributed by atoms with E-state index in [-0.39, 0.29) is 5.91 Å². The van der Waals surface area contributed by atoms with Gasteiger partial charge < -0.3 is 0 Å². The maximum atomic E-state index is 12.5. The number of nitrogens with zero attached hydrogens (tertiary/aromatic N) is 3. The zero-order valence-electron chi connectivity index (χ0n) is 12.7. The van der Waals surface area contributed by atoms with Crippen molar-refractivity contribution >= 4 is 45.3 Å². The average Bonchev–Trinajstić information content (AvgIpc) is 3.19. The quantitative estimate of drug-likeness (QED) is 0.713. The van der Waals surface area contributed by atoms with Crippen molar-refractivity contribution in [1.29, 1.82) is 0 Å². The van der Waals surface area contributed by atoms with Crippen LogP contribution in [0, 0.1) is 6.92 Å². The smallest absolute Gasteiger partial charge is 0.269 e. The van der Waals surface area contributed by atoms with Gasteiger partial charge in [0, 0.05) is 11.5 Å². The topological polar surface area (TPSA) is 67.8 Å². The van der Waals surface area contributed by atoms with Crippen molar-refractivity contribution in [3.8, 4) is 10.6 Å². The van der Waals surface area contributed by atoms with Crippen molar-refractivity contribution in [3.05, 3.63) is 44.9 Å². The van der Waals surface area contributed by atoms with E-state index in [0.717, 1.165) is 28.4 Å². The summed E-state index contributed by atoms with van der Waals surface area (Å²) in [6, 6.07) is 7.48. The number of anilines is 1. The molecule has 0 bridgehead atoms. The monoisotopic (exact) mass is 376 g/mol. The van der Waals surface area contributed by atoms with Gasteiger partial charge in [-0.05, 0) is 25.8 Å². The largest absolute Gasteiger partial charge is 0.296 e. The number of hydrogen-bond donors (Lipinski definition) is 1. The molecule has 24 heavy (non-hydrogen) atoms. The summed E-state index contributed by atoms with van der Waals surface area (Å²) in [7, 11) is 0. The third-order valence-corrected chi connectivity index (χ3v) is 6.22. The predicted molar refractivity (Wildman–Crippen MR) is 97.1 cm³/mol. The number of halogens is 1. The molecule has 1 saturated carbocycles. The number of nitrogens with one attached hydrogen (secondary N) is 1. The molecular weight excluding hydrogens is 364 g/mol. The number of rotatable bonds is 4. The number of benzene rings is 1. The maximum absolute atomic E-state index is 12.5. The summed E-state index contributed by atoms with van der Waals surface area (Å²) >= 11 is 8.99. The lowest BCUT2D eigenvalue weighted by Gasteiger charge is -1.99. The van der Waals surface area contributed by atoms with Crippen LogP contribution in [0.15, 0.2) is 24.3 Å². The Morgan fingerprint density at radius 2 is 2.04 bits per heavy atom. The minimum atomic E-state index is -0.207. The van der Waals surface area contributed by atoms with Crippen LogP contribution in [0.25, 0.3) is 10.6 Å². The highest BCUT2D eigenvalue weighted by Gasteiger charge is 2.28. The molecule has 8 heteroatoms. The summed E-state index contributed by atoms with van der Waals surface area (Å²) in [5.74, 6) is 0.326. The van der Waals surface area contributed by atoms with Gasteiger partial charge in [-0.3, -0.25) is 10.1 Å². The molecular formula is C16H13ClN4OS2. The van der Waals surface area contributed by atoms with E-state index in [1.807, 2.05) is 31.2 Å². The van der Waals surface area contributed by atoms with Gasteiger partial charge in [0.2, 0.25) is 5.13 Å². The van der Waals surface area contributed by atoms with E-state index in [4.69, 9.17) is 11.6 Å². The van der Waals surface area contributed by atoms with E-state index < -0.39 is 0 Å². The lowest BCUT2D eigenvalue weighted by Crippen LogP contribution is -2.11. The second-order valence-corrected chi connectivity index (χ2v) is 8.00. The zero-order chi connectivity index (χ0) is 16.7. The molecule has 0 aliphatic heterocycles. The molecule has 1 fully saturated rings. The lowest BCUT2D eigenvalue weighted by molar-refractivity contribution is 0.102. The van der Waals surface area contributed by atoms with Crippen LogP contribution in [0.4, 0.5) is 5.13 Å². The summed E-state index contributed by atoms with van der Waals surface area (Å²) in [5.41, 5.74) is 1.51.